The highest BCUT2D eigenvalue weighted by Gasteiger charge is 2.09. The monoisotopic (exact) mass is 403 g/mol. The van der Waals surface area contributed by atoms with Crippen molar-refractivity contribution >= 4 is 55.0 Å². The van der Waals surface area contributed by atoms with Gasteiger partial charge < -0.3 is 10.6 Å². The molecule has 0 fully saturated rings. The lowest BCUT2D eigenvalue weighted by Crippen LogP contribution is -2.32. The summed E-state index contributed by atoms with van der Waals surface area (Å²) in [6.45, 7) is 1.86. The molecule has 2 amide bonds. The van der Waals surface area contributed by atoms with Crippen molar-refractivity contribution in [2.75, 3.05) is 11.9 Å². The van der Waals surface area contributed by atoms with Gasteiger partial charge in [0.05, 0.1) is 21.8 Å². The highest BCUT2D eigenvalue weighted by atomic mass is 79.9. The maximum Gasteiger partial charge on any atom is 0.251 e. The van der Waals surface area contributed by atoms with Crippen molar-refractivity contribution in [1.29, 1.82) is 0 Å². The largest absolute Gasteiger partial charge is 0.343 e. The number of hydrogen-bond acceptors (Lipinski definition) is 4. The van der Waals surface area contributed by atoms with Crippen LogP contribution in [0.4, 0.5) is 5.69 Å². The van der Waals surface area contributed by atoms with Crippen molar-refractivity contribution in [3.05, 3.63) is 57.5 Å². The first-order chi connectivity index (χ1) is 11.5. The molecule has 122 valence electrons. The summed E-state index contributed by atoms with van der Waals surface area (Å²) in [4.78, 5) is 28.4. The molecule has 1 heterocycles. The summed E-state index contributed by atoms with van der Waals surface area (Å²) < 4.78 is 1.91. The molecule has 1 aromatic heterocycles. The van der Waals surface area contributed by atoms with Crippen LogP contribution in [0.25, 0.3) is 10.2 Å². The maximum atomic E-state index is 12.0. The summed E-state index contributed by atoms with van der Waals surface area (Å²) in [5.41, 5.74) is 2.11. The van der Waals surface area contributed by atoms with E-state index in [2.05, 4.69) is 31.5 Å². The van der Waals surface area contributed by atoms with E-state index in [9.17, 15) is 9.59 Å². The fourth-order valence-corrected chi connectivity index (χ4v) is 3.32. The van der Waals surface area contributed by atoms with Gasteiger partial charge in [0.25, 0.3) is 5.91 Å². The molecule has 0 aliphatic carbocycles. The van der Waals surface area contributed by atoms with E-state index in [0.29, 0.717) is 11.3 Å². The number of carbonyl (C=O) groups excluding carboxylic acids is 2. The van der Waals surface area contributed by atoms with Crippen molar-refractivity contribution < 1.29 is 9.59 Å². The second-order valence-electron chi connectivity index (χ2n) is 5.15. The number of fused-ring (bicyclic) bond motifs is 1. The Labute approximate surface area is 151 Å². The van der Waals surface area contributed by atoms with E-state index in [1.807, 2.05) is 19.1 Å². The van der Waals surface area contributed by atoms with Gasteiger partial charge in [0.1, 0.15) is 0 Å². The van der Waals surface area contributed by atoms with E-state index in [-0.39, 0.29) is 18.4 Å². The van der Waals surface area contributed by atoms with Gasteiger partial charge >= 0.3 is 0 Å². The van der Waals surface area contributed by atoms with Gasteiger partial charge in [-0.15, -0.1) is 11.3 Å². The van der Waals surface area contributed by atoms with Crippen LogP contribution in [0.1, 0.15) is 15.4 Å². The molecule has 5 nitrogen and oxygen atoms in total. The zero-order chi connectivity index (χ0) is 17.1. The molecule has 0 atom stereocenters. The number of aromatic nitrogens is 1. The summed E-state index contributed by atoms with van der Waals surface area (Å²) in [5, 5.41) is 6.36. The van der Waals surface area contributed by atoms with Crippen molar-refractivity contribution in [1.82, 2.24) is 10.3 Å². The van der Waals surface area contributed by atoms with Crippen LogP contribution in [-0.2, 0) is 4.79 Å². The van der Waals surface area contributed by atoms with Crippen LogP contribution in [0.15, 0.2) is 46.9 Å². The number of thiazole rings is 1. The molecular weight excluding hydrogens is 390 g/mol. The molecular formula is C17H14BrN3O2S. The molecule has 0 saturated carbocycles. The topological polar surface area (TPSA) is 71.1 Å². The highest BCUT2D eigenvalue weighted by molar-refractivity contribution is 9.10. The summed E-state index contributed by atoms with van der Waals surface area (Å²) in [6, 6.07) is 12.5. The molecule has 0 aliphatic rings. The Morgan fingerprint density at radius 2 is 1.92 bits per heavy atom. The van der Waals surface area contributed by atoms with Crippen LogP contribution >= 0.6 is 27.3 Å². The lowest BCUT2D eigenvalue weighted by molar-refractivity contribution is -0.115. The number of anilines is 1. The standard InChI is InChI=1S/C17H14BrN3O2S/c1-10-20-14-7-6-13(8-15(14)24-10)21-16(22)9-19-17(23)11-2-4-12(18)5-3-11/h2-8H,9H2,1H3,(H,19,23)(H,21,22). The van der Waals surface area contributed by atoms with Gasteiger partial charge in [-0.1, -0.05) is 15.9 Å². The maximum absolute atomic E-state index is 12.0. The summed E-state index contributed by atoms with van der Waals surface area (Å²) in [5.74, 6) is -0.563. The third-order valence-corrected chi connectivity index (χ3v) is 4.76. The molecule has 0 bridgehead atoms. The Kier molecular flexibility index (Phi) is 4.92. The van der Waals surface area contributed by atoms with Gasteiger partial charge in [0, 0.05) is 15.7 Å². The van der Waals surface area contributed by atoms with E-state index >= 15 is 0 Å². The number of nitrogens with one attached hydrogen (secondary N) is 2. The normalized spacial score (nSPS) is 10.6. The smallest absolute Gasteiger partial charge is 0.251 e. The van der Waals surface area contributed by atoms with E-state index in [1.54, 1.807) is 41.7 Å². The van der Waals surface area contributed by atoms with Gasteiger partial charge in [-0.05, 0) is 49.4 Å². The minimum Gasteiger partial charge on any atom is -0.343 e. The fourth-order valence-electron chi connectivity index (χ4n) is 2.19. The van der Waals surface area contributed by atoms with Gasteiger partial charge in [-0.2, -0.15) is 0 Å². The number of rotatable bonds is 4. The first kappa shape index (κ1) is 16.6. The average molecular weight is 404 g/mol. The first-order valence-corrected chi connectivity index (χ1v) is 8.83. The number of carbonyl (C=O) groups is 2. The number of hydrogen-bond donors (Lipinski definition) is 2. The van der Waals surface area contributed by atoms with Crippen LogP contribution in [-0.4, -0.2) is 23.3 Å². The van der Waals surface area contributed by atoms with E-state index in [1.165, 1.54) is 0 Å². The Hall–Kier alpha value is -2.25. The number of halogens is 1. The van der Waals surface area contributed by atoms with Gasteiger partial charge in [-0.3, -0.25) is 9.59 Å². The molecule has 0 radical (unpaired) electrons. The molecule has 0 saturated heterocycles. The van der Waals surface area contributed by atoms with Crippen LogP contribution in [0.5, 0.6) is 0 Å². The van der Waals surface area contributed by atoms with Crippen LogP contribution in [0.2, 0.25) is 0 Å². The Morgan fingerprint density at radius 3 is 2.67 bits per heavy atom. The average Bonchev–Trinajstić information content (AvgIpc) is 2.92. The third-order valence-electron chi connectivity index (χ3n) is 3.30. The molecule has 2 aromatic carbocycles. The van der Waals surface area contributed by atoms with Crippen molar-refractivity contribution in [3.63, 3.8) is 0 Å². The van der Waals surface area contributed by atoms with E-state index in [0.717, 1.165) is 19.7 Å². The van der Waals surface area contributed by atoms with Crippen molar-refractivity contribution in [3.8, 4) is 0 Å². The predicted octanol–water partition coefficient (Wildman–Crippen LogP) is 3.74. The molecule has 0 unspecified atom stereocenters. The minimum absolute atomic E-state index is 0.0886. The van der Waals surface area contributed by atoms with Crippen LogP contribution < -0.4 is 10.6 Å². The molecule has 24 heavy (non-hydrogen) atoms. The first-order valence-electron chi connectivity index (χ1n) is 7.22. The molecule has 7 heteroatoms. The van der Waals surface area contributed by atoms with E-state index in [4.69, 9.17) is 0 Å². The fraction of sp³-hybridized carbons (Fsp3) is 0.118. The molecule has 3 rings (SSSR count). The van der Waals surface area contributed by atoms with Crippen molar-refractivity contribution in [2.45, 2.75) is 6.92 Å². The molecule has 2 N–H and O–H groups in total. The number of aryl methyl sites for hydroxylation is 1. The van der Waals surface area contributed by atoms with Crippen LogP contribution in [0.3, 0.4) is 0 Å². The molecule has 0 aliphatic heterocycles. The minimum atomic E-state index is -0.286. The Bertz CT molecular complexity index is 906. The van der Waals surface area contributed by atoms with Gasteiger partial charge in [0.15, 0.2) is 0 Å². The molecule has 3 aromatic rings. The molecule has 0 spiro atoms. The Balaban J connectivity index is 1.58. The van der Waals surface area contributed by atoms with Gasteiger partial charge in [-0.25, -0.2) is 4.98 Å². The van der Waals surface area contributed by atoms with Crippen molar-refractivity contribution in [2.24, 2.45) is 0 Å². The lowest BCUT2D eigenvalue weighted by atomic mass is 10.2. The second kappa shape index (κ2) is 7.11. The van der Waals surface area contributed by atoms with Crippen LogP contribution in [0, 0.1) is 6.92 Å². The van der Waals surface area contributed by atoms with E-state index < -0.39 is 0 Å². The highest BCUT2D eigenvalue weighted by Crippen LogP contribution is 2.24. The Morgan fingerprint density at radius 1 is 1.17 bits per heavy atom. The summed E-state index contributed by atoms with van der Waals surface area (Å²) >= 11 is 4.89. The second-order valence-corrected chi connectivity index (χ2v) is 7.30. The zero-order valence-corrected chi connectivity index (χ0v) is 15.2. The lowest BCUT2D eigenvalue weighted by Gasteiger charge is -2.07. The summed E-state index contributed by atoms with van der Waals surface area (Å²) in [6.07, 6.45) is 0. The number of amides is 2. The number of benzene rings is 2. The third kappa shape index (κ3) is 3.98. The predicted molar refractivity (Wildman–Crippen MR) is 99.5 cm³/mol. The quantitative estimate of drug-likeness (QED) is 0.696. The summed E-state index contributed by atoms with van der Waals surface area (Å²) in [7, 11) is 0. The SMILES string of the molecule is Cc1nc2ccc(NC(=O)CNC(=O)c3ccc(Br)cc3)cc2s1. The zero-order valence-electron chi connectivity index (χ0n) is 12.8. The van der Waals surface area contributed by atoms with Gasteiger partial charge in [0.2, 0.25) is 5.91 Å². The number of nitrogens with zero attached hydrogens (tertiary/aromatic N) is 1.